The summed E-state index contributed by atoms with van der Waals surface area (Å²) < 4.78 is 0. The van der Waals surface area contributed by atoms with Crippen LogP contribution in [0.2, 0.25) is 0 Å². The molecule has 0 aliphatic heterocycles. The van der Waals surface area contributed by atoms with Gasteiger partial charge in [-0.1, -0.05) is 51.5 Å². The van der Waals surface area contributed by atoms with E-state index >= 15 is 0 Å². The minimum absolute atomic E-state index is 0.0774. The van der Waals surface area contributed by atoms with Gasteiger partial charge in [0.05, 0.1) is 6.10 Å². The molecule has 35 heavy (non-hydrogen) atoms. The van der Waals surface area contributed by atoms with Crippen molar-refractivity contribution in [3.05, 3.63) is 23.8 Å². The molecule has 5 aliphatic carbocycles. The van der Waals surface area contributed by atoms with E-state index in [-0.39, 0.29) is 30.0 Å². The van der Waals surface area contributed by atoms with Crippen molar-refractivity contribution >= 4 is 11.8 Å². The number of carbonyl (C=O) groups excluding carboxylic acids is 1. The quantitative estimate of drug-likeness (QED) is 0.424. The first kappa shape index (κ1) is 25.2. The van der Waals surface area contributed by atoms with Crippen molar-refractivity contribution in [2.24, 2.45) is 45.8 Å². The number of aliphatic hydroxyl groups is 3. The average molecular weight is 487 g/mol. The smallest absolute Gasteiger partial charge is 0.338 e. The van der Waals surface area contributed by atoms with E-state index in [1.807, 2.05) is 6.08 Å². The minimum Gasteiger partial charge on any atom is -0.479 e. The number of hydrogen-bond acceptors (Lipinski definition) is 5. The van der Waals surface area contributed by atoms with Crippen LogP contribution in [0, 0.1) is 45.8 Å². The Balaban J connectivity index is 1.48. The highest BCUT2D eigenvalue weighted by atomic mass is 16.4. The van der Waals surface area contributed by atoms with Gasteiger partial charge in [0.2, 0.25) is 0 Å². The summed E-state index contributed by atoms with van der Waals surface area (Å²) in [5.41, 5.74) is -1.90. The molecule has 0 unspecified atom stereocenters. The standard InChI is InChI=1S/C29H42O6/c1-15(2)16(3)6-7-17(4)18-8-9-19-20-10-11-21-28(14-27(20,28)24(32)13-26(18,19)5)22(30)12-23(31)29(21,35)25(33)34/h10,15,17-19,21,23-24,31-32,35H,3,6-9,11-14H2,1-2,4-5H3,(H,33,34)/t17-,18-,19+,21-,23+,24-,26-,27+,28-,29-/m1/s1. The van der Waals surface area contributed by atoms with Gasteiger partial charge in [-0.3, -0.25) is 4.79 Å². The van der Waals surface area contributed by atoms with Crippen LogP contribution in [0.25, 0.3) is 0 Å². The number of fused-ring (bicyclic) bond motifs is 2. The summed E-state index contributed by atoms with van der Waals surface area (Å²) in [6, 6.07) is 0. The first-order valence-corrected chi connectivity index (χ1v) is 13.5. The molecule has 2 spiro atoms. The number of allylic oxidation sites excluding steroid dienone is 2. The van der Waals surface area contributed by atoms with Gasteiger partial charge in [0.15, 0.2) is 5.60 Å². The van der Waals surface area contributed by atoms with Crippen molar-refractivity contribution < 1.29 is 30.0 Å². The van der Waals surface area contributed by atoms with E-state index in [0.717, 1.165) is 31.3 Å². The normalized spacial score (nSPS) is 48.9. The predicted octanol–water partition coefficient (Wildman–Crippen LogP) is 3.88. The maximum Gasteiger partial charge on any atom is 0.338 e. The number of ketones is 1. The van der Waals surface area contributed by atoms with Crippen LogP contribution in [-0.4, -0.2) is 50.0 Å². The Bertz CT molecular complexity index is 999. The number of carbonyl (C=O) groups is 2. The summed E-state index contributed by atoms with van der Waals surface area (Å²) in [5.74, 6) is -0.886. The van der Waals surface area contributed by atoms with Gasteiger partial charge < -0.3 is 20.4 Å². The summed E-state index contributed by atoms with van der Waals surface area (Å²) >= 11 is 0. The molecule has 4 N–H and O–H groups in total. The number of Topliss-reactive ketones (excluding diaryl/α,β-unsaturated/α-hetero) is 1. The lowest BCUT2D eigenvalue weighted by Gasteiger charge is -2.55. The van der Waals surface area contributed by atoms with Crippen molar-refractivity contribution in [3.63, 3.8) is 0 Å². The molecule has 5 rings (SSSR count). The second-order valence-corrected chi connectivity index (χ2v) is 13.1. The van der Waals surface area contributed by atoms with Crippen LogP contribution in [0.1, 0.15) is 79.1 Å². The van der Waals surface area contributed by atoms with Crippen LogP contribution in [0.4, 0.5) is 0 Å². The molecule has 6 heteroatoms. The Morgan fingerprint density at radius 1 is 1.17 bits per heavy atom. The van der Waals surface area contributed by atoms with Crippen LogP contribution in [0.5, 0.6) is 0 Å². The van der Waals surface area contributed by atoms with Crippen LogP contribution >= 0.6 is 0 Å². The lowest BCUT2D eigenvalue weighted by molar-refractivity contribution is -0.203. The van der Waals surface area contributed by atoms with Gasteiger partial charge >= 0.3 is 5.97 Å². The molecular weight excluding hydrogens is 444 g/mol. The van der Waals surface area contributed by atoms with Gasteiger partial charge in [0, 0.05) is 23.2 Å². The summed E-state index contributed by atoms with van der Waals surface area (Å²) in [6.45, 7) is 13.2. The van der Waals surface area contributed by atoms with E-state index in [4.69, 9.17) is 0 Å². The number of carboxylic acids is 1. The second kappa shape index (κ2) is 7.75. The minimum atomic E-state index is -2.37. The zero-order chi connectivity index (χ0) is 25.7. The van der Waals surface area contributed by atoms with Crippen molar-refractivity contribution in [1.82, 2.24) is 0 Å². The van der Waals surface area contributed by atoms with Gasteiger partial charge in [0.1, 0.15) is 11.9 Å². The topological polar surface area (TPSA) is 115 Å². The van der Waals surface area contributed by atoms with E-state index in [9.17, 15) is 30.0 Å². The highest BCUT2D eigenvalue weighted by Crippen LogP contribution is 2.84. The third-order valence-electron chi connectivity index (χ3n) is 11.6. The maximum atomic E-state index is 13.4. The van der Waals surface area contributed by atoms with E-state index < -0.39 is 40.5 Å². The zero-order valence-electron chi connectivity index (χ0n) is 21.6. The van der Waals surface area contributed by atoms with Gasteiger partial charge in [-0.05, 0) is 74.0 Å². The van der Waals surface area contributed by atoms with Gasteiger partial charge in [-0.2, -0.15) is 0 Å². The lowest BCUT2D eigenvalue weighted by Crippen LogP contribution is -2.66. The van der Waals surface area contributed by atoms with Crippen molar-refractivity contribution in [2.45, 2.75) is 96.9 Å². The molecule has 194 valence electrons. The van der Waals surface area contributed by atoms with E-state index in [0.29, 0.717) is 30.6 Å². The molecule has 0 aromatic rings. The molecular formula is C29H42O6. The fraction of sp³-hybridized carbons (Fsp3) is 0.793. The van der Waals surface area contributed by atoms with Crippen molar-refractivity contribution in [1.29, 1.82) is 0 Å². The Morgan fingerprint density at radius 2 is 1.86 bits per heavy atom. The van der Waals surface area contributed by atoms with Crippen LogP contribution in [0.15, 0.2) is 23.8 Å². The fourth-order valence-corrected chi connectivity index (χ4v) is 9.51. The third-order valence-corrected chi connectivity index (χ3v) is 11.6. The Kier molecular flexibility index (Phi) is 5.57. The molecule has 4 fully saturated rings. The van der Waals surface area contributed by atoms with E-state index in [2.05, 4.69) is 34.3 Å². The molecule has 0 bridgehead atoms. The molecule has 6 nitrogen and oxygen atoms in total. The molecule has 0 amide bonds. The highest BCUT2D eigenvalue weighted by molar-refractivity contribution is 5.96. The summed E-state index contributed by atoms with van der Waals surface area (Å²) in [7, 11) is 0. The molecule has 0 aromatic heterocycles. The third kappa shape index (κ3) is 2.93. The first-order valence-electron chi connectivity index (χ1n) is 13.5. The molecule has 4 saturated carbocycles. The summed E-state index contributed by atoms with van der Waals surface area (Å²) in [5, 5.41) is 43.3. The highest BCUT2D eigenvalue weighted by Gasteiger charge is 2.86. The molecule has 0 radical (unpaired) electrons. The second-order valence-electron chi connectivity index (χ2n) is 13.1. The molecule has 0 saturated heterocycles. The number of aliphatic hydroxyl groups excluding tert-OH is 2. The van der Waals surface area contributed by atoms with Gasteiger partial charge in [0.25, 0.3) is 0 Å². The average Bonchev–Trinajstić information content (AvgIpc) is 3.39. The monoisotopic (exact) mass is 486 g/mol. The van der Waals surface area contributed by atoms with Crippen molar-refractivity contribution in [2.75, 3.05) is 0 Å². The number of hydrogen-bond donors (Lipinski definition) is 4. The molecule has 0 heterocycles. The largest absolute Gasteiger partial charge is 0.479 e. The molecule has 0 aromatic carbocycles. The SMILES string of the molecule is C=C(CC[C@@H](C)[C@H]1CC[C@H]2C3=CC[C@H]4[C@](O)(C(=O)O)[C@@H](O)CC(=O)[C@@]45C[C@@]35[C@H](O)C[C@]12C)C(C)C. The van der Waals surface area contributed by atoms with Crippen molar-refractivity contribution in [3.8, 4) is 0 Å². The van der Waals surface area contributed by atoms with Gasteiger partial charge in [-0.25, -0.2) is 4.79 Å². The molecule has 5 aliphatic rings. The predicted molar refractivity (Wildman–Crippen MR) is 131 cm³/mol. The van der Waals surface area contributed by atoms with Gasteiger partial charge in [-0.15, -0.1) is 0 Å². The van der Waals surface area contributed by atoms with E-state index in [1.165, 1.54) is 5.57 Å². The number of aliphatic carboxylic acids is 1. The first-order chi connectivity index (χ1) is 16.3. The Morgan fingerprint density at radius 3 is 2.49 bits per heavy atom. The van der Waals surface area contributed by atoms with Crippen LogP contribution in [0.3, 0.4) is 0 Å². The molecule has 10 atom stereocenters. The maximum absolute atomic E-state index is 13.4. The summed E-state index contributed by atoms with van der Waals surface area (Å²) in [4.78, 5) is 25.6. The van der Waals surface area contributed by atoms with Crippen LogP contribution < -0.4 is 0 Å². The fourth-order valence-electron chi connectivity index (χ4n) is 9.51. The Hall–Kier alpha value is -1.50. The number of carboxylic acid groups (broad SMARTS) is 1. The van der Waals surface area contributed by atoms with E-state index in [1.54, 1.807) is 0 Å². The Labute approximate surface area is 208 Å². The lowest BCUT2D eigenvalue weighted by atomic mass is 9.49. The summed E-state index contributed by atoms with van der Waals surface area (Å²) in [6.07, 6.45) is 4.69. The van der Waals surface area contributed by atoms with Crippen LogP contribution in [-0.2, 0) is 9.59 Å². The number of rotatable bonds is 6. The zero-order valence-corrected chi connectivity index (χ0v) is 21.6.